The van der Waals surface area contributed by atoms with Crippen LogP contribution >= 0.6 is 0 Å². The van der Waals surface area contributed by atoms with E-state index in [9.17, 15) is 14.3 Å². The Labute approximate surface area is 123 Å². The summed E-state index contributed by atoms with van der Waals surface area (Å²) in [6.07, 6.45) is 2.06. The molecule has 21 heavy (non-hydrogen) atoms. The number of nitrogens with one attached hydrogen (secondary N) is 2. The summed E-state index contributed by atoms with van der Waals surface area (Å²) in [5.74, 6) is 0.411. The van der Waals surface area contributed by atoms with E-state index >= 15 is 0 Å². The number of carbonyl (C=O) groups excluding carboxylic acids is 1. The van der Waals surface area contributed by atoms with E-state index in [4.69, 9.17) is 4.74 Å². The summed E-state index contributed by atoms with van der Waals surface area (Å²) < 4.78 is 18.2. The normalized spacial score (nSPS) is 16.9. The van der Waals surface area contributed by atoms with Crippen molar-refractivity contribution < 1.29 is 19.0 Å². The molecule has 1 unspecified atom stereocenters. The number of carbonyl (C=O) groups is 1. The minimum atomic E-state index is -0.562. The van der Waals surface area contributed by atoms with Gasteiger partial charge in [-0.05, 0) is 37.8 Å². The minimum Gasteiger partial charge on any atom is -0.492 e. The number of urea groups is 1. The Morgan fingerprint density at radius 3 is 2.90 bits per heavy atom. The fraction of sp³-hybridized carbons (Fsp3) is 0.533. The molecule has 1 aliphatic carbocycles. The van der Waals surface area contributed by atoms with E-state index in [1.54, 1.807) is 12.1 Å². The van der Waals surface area contributed by atoms with Crippen molar-refractivity contribution in [2.24, 2.45) is 5.92 Å². The number of aliphatic hydroxyl groups is 1. The van der Waals surface area contributed by atoms with Crippen molar-refractivity contribution in [1.82, 2.24) is 10.6 Å². The average molecular weight is 296 g/mol. The van der Waals surface area contributed by atoms with Crippen LogP contribution < -0.4 is 15.4 Å². The number of hydrogen-bond donors (Lipinski definition) is 3. The smallest absolute Gasteiger partial charge is 0.315 e. The standard InChI is InChI=1S/C15H21FN2O3/c1-15(10-19,11-5-6-11)18-14(20)17-7-8-21-13-4-2-3-12(16)9-13/h2-4,9,11,19H,5-8,10H2,1H3,(H2,17,18,20). The van der Waals surface area contributed by atoms with Crippen LogP contribution in [0.25, 0.3) is 0 Å². The quantitative estimate of drug-likeness (QED) is 0.670. The Bertz CT molecular complexity index is 494. The first kappa shape index (κ1) is 15.6. The molecule has 2 amide bonds. The number of rotatable bonds is 7. The molecule has 0 heterocycles. The van der Waals surface area contributed by atoms with Crippen LogP contribution in [-0.4, -0.2) is 36.4 Å². The molecular weight excluding hydrogens is 275 g/mol. The van der Waals surface area contributed by atoms with Gasteiger partial charge >= 0.3 is 6.03 Å². The van der Waals surface area contributed by atoms with Gasteiger partial charge in [-0.1, -0.05) is 6.07 Å². The Morgan fingerprint density at radius 1 is 1.52 bits per heavy atom. The number of aliphatic hydroxyl groups excluding tert-OH is 1. The zero-order chi connectivity index (χ0) is 15.3. The van der Waals surface area contributed by atoms with Gasteiger partial charge in [0.05, 0.1) is 18.7 Å². The summed E-state index contributed by atoms with van der Waals surface area (Å²) in [4.78, 5) is 11.8. The highest BCUT2D eigenvalue weighted by Gasteiger charge is 2.42. The minimum absolute atomic E-state index is 0.0785. The largest absolute Gasteiger partial charge is 0.492 e. The van der Waals surface area contributed by atoms with Crippen molar-refractivity contribution in [3.8, 4) is 5.75 Å². The summed E-state index contributed by atoms with van der Waals surface area (Å²) in [6, 6.07) is 5.51. The molecule has 5 nitrogen and oxygen atoms in total. The van der Waals surface area contributed by atoms with E-state index in [0.717, 1.165) is 12.8 Å². The van der Waals surface area contributed by atoms with Crippen LogP contribution in [0.5, 0.6) is 5.75 Å². The van der Waals surface area contributed by atoms with Crippen LogP contribution in [0.2, 0.25) is 0 Å². The summed E-state index contributed by atoms with van der Waals surface area (Å²) in [5.41, 5.74) is -0.562. The molecule has 0 bridgehead atoms. The van der Waals surface area contributed by atoms with Gasteiger partial charge in [0.2, 0.25) is 0 Å². The van der Waals surface area contributed by atoms with E-state index in [0.29, 0.717) is 18.2 Å². The van der Waals surface area contributed by atoms with Crippen LogP contribution in [0.15, 0.2) is 24.3 Å². The molecule has 6 heteroatoms. The highest BCUT2D eigenvalue weighted by atomic mass is 19.1. The van der Waals surface area contributed by atoms with Crippen LogP contribution in [-0.2, 0) is 0 Å². The third-order valence-electron chi connectivity index (χ3n) is 3.66. The predicted octanol–water partition coefficient (Wildman–Crippen LogP) is 1.66. The maximum absolute atomic E-state index is 12.9. The fourth-order valence-corrected chi connectivity index (χ4v) is 2.18. The topological polar surface area (TPSA) is 70.6 Å². The Morgan fingerprint density at radius 2 is 2.29 bits per heavy atom. The highest BCUT2D eigenvalue weighted by molar-refractivity contribution is 5.74. The van der Waals surface area contributed by atoms with Gasteiger partial charge < -0.3 is 20.5 Å². The van der Waals surface area contributed by atoms with Gasteiger partial charge in [0.15, 0.2) is 0 Å². The van der Waals surface area contributed by atoms with E-state index in [1.807, 2.05) is 6.92 Å². The lowest BCUT2D eigenvalue weighted by molar-refractivity contribution is 0.154. The molecular formula is C15H21FN2O3. The van der Waals surface area contributed by atoms with Gasteiger partial charge in [-0.15, -0.1) is 0 Å². The Kier molecular flexibility index (Phi) is 5.01. The van der Waals surface area contributed by atoms with Gasteiger partial charge in [-0.2, -0.15) is 0 Å². The first-order chi connectivity index (χ1) is 10.0. The molecule has 0 radical (unpaired) electrons. The van der Waals surface area contributed by atoms with Crippen molar-refractivity contribution in [3.05, 3.63) is 30.1 Å². The lowest BCUT2D eigenvalue weighted by Crippen LogP contribution is -2.54. The van der Waals surface area contributed by atoms with Gasteiger partial charge in [0.1, 0.15) is 18.2 Å². The van der Waals surface area contributed by atoms with Crippen molar-refractivity contribution in [2.45, 2.75) is 25.3 Å². The van der Waals surface area contributed by atoms with Crippen LogP contribution in [0.3, 0.4) is 0 Å². The van der Waals surface area contributed by atoms with Gasteiger partial charge in [-0.3, -0.25) is 0 Å². The lowest BCUT2D eigenvalue weighted by atomic mass is 9.97. The third kappa shape index (κ3) is 4.60. The number of hydrogen-bond acceptors (Lipinski definition) is 3. The molecule has 0 saturated heterocycles. The van der Waals surface area contributed by atoms with Crippen LogP contribution in [0, 0.1) is 11.7 Å². The number of benzene rings is 1. The Balaban J connectivity index is 1.67. The third-order valence-corrected chi connectivity index (χ3v) is 3.66. The first-order valence-electron chi connectivity index (χ1n) is 7.09. The first-order valence-corrected chi connectivity index (χ1v) is 7.09. The van der Waals surface area contributed by atoms with E-state index in [2.05, 4.69) is 10.6 Å². The van der Waals surface area contributed by atoms with Crippen molar-refractivity contribution in [1.29, 1.82) is 0 Å². The molecule has 1 saturated carbocycles. The van der Waals surface area contributed by atoms with E-state index in [-0.39, 0.29) is 25.1 Å². The molecule has 0 spiro atoms. The summed E-state index contributed by atoms with van der Waals surface area (Å²) in [5, 5.41) is 14.8. The van der Waals surface area contributed by atoms with Crippen molar-refractivity contribution in [3.63, 3.8) is 0 Å². The lowest BCUT2D eigenvalue weighted by Gasteiger charge is -2.28. The Hall–Kier alpha value is -1.82. The van der Waals surface area contributed by atoms with Crippen LogP contribution in [0.1, 0.15) is 19.8 Å². The zero-order valence-electron chi connectivity index (χ0n) is 12.1. The average Bonchev–Trinajstić information content (AvgIpc) is 3.28. The fourth-order valence-electron chi connectivity index (χ4n) is 2.18. The molecule has 1 fully saturated rings. The number of amides is 2. The number of halogens is 1. The molecule has 3 N–H and O–H groups in total. The molecule has 2 rings (SSSR count). The molecule has 1 aliphatic rings. The maximum Gasteiger partial charge on any atom is 0.315 e. The molecule has 0 aliphatic heterocycles. The molecule has 1 aromatic rings. The van der Waals surface area contributed by atoms with Crippen LogP contribution in [0.4, 0.5) is 9.18 Å². The monoisotopic (exact) mass is 296 g/mol. The number of ether oxygens (including phenoxy) is 1. The maximum atomic E-state index is 12.9. The van der Waals surface area contributed by atoms with Crippen molar-refractivity contribution >= 4 is 6.03 Å². The zero-order valence-corrected chi connectivity index (χ0v) is 12.1. The van der Waals surface area contributed by atoms with Gasteiger partial charge in [-0.25, -0.2) is 9.18 Å². The summed E-state index contributed by atoms with van der Waals surface area (Å²) in [7, 11) is 0. The summed E-state index contributed by atoms with van der Waals surface area (Å²) in [6.45, 7) is 2.31. The molecule has 1 aromatic carbocycles. The van der Waals surface area contributed by atoms with E-state index < -0.39 is 5.54 Å². The van der Waals surface area contributed by atoms with E-state index in [1.165, 1.54) is 12.1 Å². The van der Waals surface area contributed by atoms with Gasteiger partial charge in [0, 0.05) is 6.07 Å². The second kappa shape index (κ2) is 6.76. The highest BCUT2D eigenvalue weighted by Crippen LogP contribution is 2.39. The summed E-state index contributed by atoms with van der Waals surface area (Å²) >= 11 is 0. The molecule has 0 aromatic heterocycles. The second-order valence-electron chi connectivity index (χ2n) is 5.54. The second-order valence-corrected chi connectivity index (χ2v) is 5.54. The van der Waals surface area contributed by atoms with Gasteiger partial charge in [0.25, 0.3) is 0 Å². The SMILES string of the molecule is CC(CO)(NC(=O)NCCOc1cccc(F)c1)C1CC1. The van der Waals surface area contributed by atoms with Crippen molar-refractivity contribution in [2.75, 3.05) is 19.8 Å². The molecule has 1 atom stereocenters. The predicted molar refractivity (Wildman–Crippen MR) is 76.6 cm³/mol. The molecule has 116 valence electrons.